The van der Waals surface area contributed by atoms with Crippen LogP contribution in [0.2, 0.25) is 0 Å². The fourth-order valence-corrected chi connectivity index (χ4v) is 1.73. The average molecular weight is 253 g/mol. The molecule has 1 aromatic rings. The highest BCUT2D eigenvalue weighted by molar-refractivity contribution is 5.35. The molecule has 0 unspecified atom stereocenters. The molecule has 1 saturated carbocycles. The second kappa shape index (κ2) is 5.81. The minimum atomic E-state index is 0.273. The van der Waals surface area contributed by atoms with Crippen LogP contribution in [0.4, 0.5) is 5.95 Å². The summed E-state index contributed by atoms with van der Waals surface area (Å²) in [4.78, 5) is 14.7. The largest absolute Gasteiger partial charge is 0.467 e. The molecule has 100 valence electrons. The van der Waals surface area contributed by atoms with Crippen LogP contribution in [-0.2, 0) is 0 Å². The van der Waals surface area contributed by atoms with Crippen LogP contribution in [0.15, 0.2) is 0 Å². The van der Waals surface area contributed by atoms with Crippen molar-refractivity contribution in [3.63, 3.8) is 0 Å². The van der Waals surface area contributed by atoms with E-state index in [1.807, 2.05) is 0 Å². The van der Waals surface area contributed by atoms with E-state index < -0.39 is 0 Å². The maximum atomic E-state index is 5.56. The number of ether oxygens (including phenoxy) is 2. The van der Waals surface area contributed by atoms with Crippen LogP contribution in [0.3, 0.4) is 0 Å². The van der Waals surface area contributed by atoms with Gasteiger partial charge in [0.15, 0.2) is 0 Å². The second-order valence-electron chi connectivity index (χ2n) is 4.18. The van der Waals surface area contributed by atoms with Gasteiger partial charge in [0.05, 0.1) is 14.2 Å². The normalized spacial score (nSPS) is 14.4. The number of nitrogens with zero attached hydrogens (tertiary/aromatic N) is 4. The highest BCUT2D eigenvalue weighted by Crippen LogP contribution is 2.30. The van der Waals surface area contributed by atoms with Gasteiger partial charge in [-0.15, -0.1) is 4.98 Å². The number of aromatic nitrogens is 3. The summed E-state index contributed by atoms with van der Waals surface area (Å²) >= 11 is 0. The van der Waals surface area contributed by atoms with Crippen molar-refractivity contribution in [1.82, 2.24) is 15.0 Å². The summed E-state index contributed by atoms with van der Waals surface area (Å²) in [6.45, 7) is 1.50. The van der Waals surface area contributed by atoms with Gasteiger partial charge < -0.3 is 20.1 Å². The number of anilines is 1. The third-order valence-corrected chi connectivity index (χ3v) is 2.80. The molecule has 0 aliphatic heterocycles. The van der Waals surface area contributed by atoms with Crippen LogP contribution in [0.5, 0.6) is 12.0 Å². The molecule has 0 aromatic carbocycles. The Morgan fingerprint density at radius 1 is 1.17 bits per heavy atom. The van der Waals surface area contributed by atoms with Crippen molar-refractivity contribution in [2.45, 2.75) is 25.3 Å². The zero-order chi connectivity index (χ0) is 13.0. The fraction of sp³-hybridized carbons (Fsp3) is 0.727. The zero-order valence-electron chi connectivity index (χ0n) is 10.8. The van der Waals surface area contributed by atoms with Gasteiger partial charge in [0.25, 0.3) is 0 Å². The summed E-state index contributed by atoms with van der Waals surface area (Å²) < 4.78 is 10.1. The summed E-state index contributed by atoms with van der Waals surface area (Å²) in [5, 5.41) is 0. The first-order chi connectivity index (χ1) is 8.78. The minimum Gasteiger partial charge on any atom is -0.467 e. The molecular formula is C11H19N5O2. The number of nitrogens with two attached hydrogens (primary N) is 1. The third kappa shape index (κ3) is 2.98. The van der Waals surface area contributed by atoms with E-state index in [0.717, 1.165) is 13.0 Å². The van der Waals surface area contributed by atoms with Crippen LogP contribution in [-0.4, -0.2) is 48.3 Å². The van der Waals surface area contributed by atoms with Crippen LogP contribution in [0.1, 0.15) is 19.3 Å². The summed E-state index contributed by atoms with van der Waals surface area (Å²) in [5.41, 5.74) is 5.56. The van der Waals surface area contributed by atoms with E-state index in [-0.39, 0.29) is 12.0 Å². The number of hydrogen-bond acceptors (Lipinski definition) is 7. The number of rotatable bonds is 7. The molecule has 0 amide bonds. The maximum Gasteiger partial charge on any atom is 0.324 e. The van der Waals surface area contributed by atoms with Gasteiger partial charge in [0, 0.05) is 12.6 Å². The SMILES string of the molecule is COc1nc(OC)nc(N(CCCN)C2CC2)n1. The molecule has 2 N–H and O–H groups in total. The summed E-state index contributed by atoms with van der Waals surface area (Å²) in [7, 11) is 3.06. The lowest BCUT2D eigenvalue weighted by molar-refractivity contribution is 0.339. The Morgan fingerprint density at radius 3 is 2.22 bits per heavy atom. The van der Waals surface area contributed by atoms with Gasteiger partial charge in [-0.05, 0) is 25.8 Å². The molecule has 1 heterocycles. The molecule has 1 fully saturated rings. The Balaban J connectivity index is 2.22. The highest BCUT2D eigenvalue weighted by Gasteiger charge is 2.31. The quantitative estimate of drug-likeness (QED) is 0.743. The maximum absolute atomic E-state index is 5.56. The Morgan fingerprint density at radius 2 is 1.78 bits per heavy atom. The van der Waals surface area contributed by atoms with Crippen molar-refractivity contribution >= 4 is 5.95 Å². The molecule has 7 nitrogen and oxygen atoms in total. The first-order valence-electron chi connectivity index (χ1n) is 6.09. The van der Waals surface area contributed by atoms with E-state index in [0.29, 0.717) is 18.5 Å². The van der Waals surface area contributed by atoms with Gasteiger partial charge in [-0.2, -0.15) is 9.97 Å². The summed E-state index contributed by atoms with van der Waals surface area (Å²) in [5.74, 6) is 0.606. The van der Waals surface area contributed by atoms with Crippen molar-refractivity contribution in [3.05, 3.63) is 0 Å². The van der Waals surface area contributed by atoms with Crippen molar-refractivity contribution < 1.29 is 9.47 Å². The van der Waals surface area contributed by atoms with E-state index in [1.165, 1.54) is 27.1 Å². The third-order valence-electron chi connectivity index (χ3n) is 2.80. The Bertz CT molecular complexity index is 375. The van der Waals surface area contributed by atoms with Gasteiger partial charge in [-0.25, -0.2) is 0 Å². The molecular weight excluding hydrogens is 234 g/mol. The highest BCUT2D eigenvalue weighted by atomic mass is 16.5. The van der Waals surface area contributed by atoms with Crippen molar-refractivity contribution in [1.29, 1.82) is 0 Å². The predicted octanol–water partition coefficient (Wildman–Crippen LogP) is 0.206. The lowest BCUT2D eigenvalue weighted by Gasteiger charge is -2.22. The van der Waals surface area contributed by atoms with E-state index in [1.54, 1.807) is 0 Å². The van der Waals surface area contributed by atoms with E-state index in [2.05, 4.69) is 19.9 Å². The average Bonchev–Trinajstić information content (AvgIpc) is 3.23. The molecule has 18 heavy (non-hydrogen) atoms. The van der Waals surface area contributed by atoms with Crippen molar-refractivity contribution in [2.24, 2.45) is 5.73 Å². The molecule has 0 saturated heterocycles. The molecule has 0 spiro atoms. The number of hydrogen-bond donors (Lipinski definition) is 1. The molecule has 1 aliphatic rings. The number of methoxy groups -OCH3 is 2. The van der Waals surface area contributed by atoms with Crippen molar-refractivity contribution in [3.8, 4) is 12.0 Å². The molecule has 0 radical (unpaired) electrons. The first-order valence-corrected chi connectivity index (χ1v) is 6.09. The molecule has 1 aromatic heterocycles. The summed E-state index contributed by atoms with van der Waals surface area (Å²) in [6.07, 6.45) is 3.24. The standard InChI is InChI=1S/C11H19N5O2/c1-17-10-13-9(14-11(15-10)18-2)16(7-3-6-12)8-4-5-8/h8H,3-7,12H2,1-2H3. The molecule has 2 rings (SSSR count). The Labute approximate surface area is 106 Å². The van der Waals surface area contributed by atoms with Crippen LogP contribution >= 0.6 is 0 Å². The van der Waals surface area contributed by atoms with Gasteiger partial charge in [0.1, 0.15) is 0 Å². The molecule has 1 aliphatic carbocycles. The second-order valence-corrected chi connectivity index (χ2v) is 4.18. The topological polar surface area (TPSA) is 86.4 Å². The molecule has 7 heteroatoms. The van der Waals surface area contributed by atoms with Gasteiger partial charge >= 0.3 is 12.0 Å². The lowest BCUT2D eigenvalue weighted by atomic mass is 10.4. The molecule has 0 atom stereocenters. The van der Waals surface area contributed by atoms with E-state index in [4.69, 9.17) is 15.2 Å². The first kappa shape index (κ1) is 12.8. The van der Waals surface area contributed by atoms with Crippen LogP contribution in [0.25, 0.3) is 0 Å². The lowest BCUT2D eigenvalue weighted by Crippen LogP contribution is -2.30. The zero-order valence-corrected chi connectivity index (χ0v) is 10.8. The van der Waals surface area contributed by atoms with E-state index >= 15 is 0 Å². The minimum absolute atomic E-state index is 0.273. The van der Waals surface area contributed by atoms with Gasteiger partial charge in [-0.3, -0.25) is 0 Å². The Kier molecular flexibility index (Phi) is 4.14. The predicted molar refractivity (Wildman–Crippen MR) is 67.0 cm³/mol. The van der Waals surface area contributed by atoms with Crippen molar-refractivity contribution in [2.75, 3.05) is 32.2 Å². The van der Waals surface area contributed by atoms with Gasteiger partial charge in [-0.1, -0.05) is 0 Å². The van der Waals surface area contributed by atoms with Gasteiger partial charge in [0.2, 0.25) is 5.95 Å². The fourth-order valence-electron chi connectivity index (χ4n) is 1.73. The van der Waals surface area contributed by atoms with Crippen LogP contribution < -0.4 is 20.1 Å². The monoisotopic (exact) mass is 253 g/mol. The van der Waals surface area contributed by atoms with E-state index in [9.17, 15) is 0 Å². The van der Waals surface area contributed by atoms with Crippen LogP contribution in [0, 0.1) is 0 Å². The smallest absolute Gasteiger partial charge is 0.324 e. The molecule has 0 bridgehead atoms. The summed E-state index contributed by atoms with van der Waals surface area (Å²) in [6, 6.07) is 1.05. The Hall–Kier alpha value is -1.63.